The van der Waals surface area contributed by atoms with Crippen molar-refractivity contribution in [2.24, 2.45) is 11.1 Å². The van der Waals surface area contributed by atoms with Crippen molar-refractivity contribution in [1.82, 2.24) is 0 Å². The fraction of sp³-hybridized carbons (Fsp3) is 0.588. The molecule has 0 radical (unpaired) electrons. The summed E-state index contributed by atoms with van der Waals surface area (Å²) < 4.78 is 24.7. The van der Waals surface area contributed by atoms with Crippen LogP contribution in [0.15, 0.2) is 18.2 Å². The summed E-state index contributed by atoms with van der Waals surface area (Å²) in [6, 6.07) is 4.30. The lowest BCUT2D eigenvalue weighted by atomic mass is 9.76. The van der Waals surface area contributed by atoms with Crippen LogP contribution in [0.1, 0.15) is 46.6 Å². The number of rotatable bonds is 5. The van der Waals surface area contributed by atoms with Gasteiger partial charge in [0.2, 0.25) is 0 Å². The molecule has 1 aromatic carbocycles. The highest BCUT2D eigenvalue weighted by Gasteiger charge is 2.43. The van der Waals surface area contributed by atoms with Crippen molar-refractivity contribution in [3.05, 3.63) is 29.6 Å². The topological polar surface area (TPSA) is 61.5 Å². The normalized spacial score (nSPS) is 14.0. The zero-order valence-corrected chi connectivity index (χ0v) is 15.4. The standard InChI is InChI=1S/C17H26FNO3.ClH/c1-11(2)22-15(20)17(19,10-16(3,4)5)13-8-7-12(21-6)9-14(13)18;/h7-9,11H,10,19H2,1-6H3;1H. The van der Waals surface area contributed by atoms with Gasteiger partial charge in [-0.3, -0.25) is 0 Å². The fourth-order valence-electron chi connectivity index (χ4n) is 2.42. The van der Waals surface area contributed by atoms with E-state index in [0.717, 1.165) is 0 Å². The maximum absolute atomic E-state index is 14.4. The average Bonchev–Trinajstić information content (AvgIpc) is 2.35. The van der Waals surface area contributed by atoms with Crippen LogP contribution in [0.5, 0.6) is 5.75 Å². The molecule has 0 heterocycles. The monoisotopic (exact) mass is 347 g/mol. The molecule has 1 aromatic rings. The molecule has 0 bridgehead atoms. The number of esters is 1. The summed E-state index contributed by atoms with van der Waals surface area (Å²) in [5, 5.41) is 0. The Morgan fingerprint density at radius 1 is 1.30 bits per heavy atom. The maximum atomic E-state index is 14.4. The van der Waals surface area contributed by atoms with E-state index in [4.69, 9.17) is 15.2 Å². The molecule has 1 unspecified atom stereocenters. The summed E-state index contributed by atoms with van der Waals surface area (Å²) in [4.78, 5) is 12.5. The van der Waals surface area contributed by atoms with Gasteiger partial charge in [-0.1, -0.05) is 20.8 Å². The maximum Gasteiger partial charge on any atom is 0.331 e. The Balaban J connectivity index is 0.00000484. The number of carbonyl (C=O) groups excluding carboxylic acids is 1. The highest BCUT2D eigenvalue weighted by atomic mass is 35.5. The minimum atomic E-state index is -1.54. The highest BCUT2D eigenvalue weighted by molar-refractivity contribution is 5.85. The van der Waals surface area contributed by atoms with Gasteiger partial charge in [0.1, 0.15) is 17.1 Å². The number of carbonyl (C=O) groups is 1. The Morgan fingerprint density at radius 2 is 1.87 bits per heavy atom. The number of halogens is 2. The van der Waals surface area contributed by atoms with E-state index >= 15 is 0 Å². The molecule has 0 aliphatic rings. The van der Waals surface area contributed by atoms with Gasteiger partial charge in [0.05, 0.1) is 13.2 Å². The van der Waals surface area contributed by atoms with E-state index in [9.17, 15) is 9.18 Å². The van der Waals surface area contributed by atoms with Crippen LogP contribution in [-0.4, -0.2) is 19.2 Å². The molecule has 2 N–H and O–H groups in total. The van der Waals surface area contributed by atoms with E-state index in [1.165, 1.54) is 19.2 Å². The summed E-state index contributed by atoms with van der Waals surface area (Å²) in [7, 11) is 1.45. The SMILES string of the molecule is COc1ccc(C(N)(CC(C)(C)C)C(=O)OC(C)C)c(F)c1.Cl. The van der Waals surface area contributed by atoms with E-state index < -0.39 is 17.3 Å². The molecular formula is C17H27ClFNO3. The van der Waals surface area contributed by atoms with Gasteiger partial charge in [-0.2, -0.15) is 0 Å². The molecule has 0 aromatic heterocycles. The van der Waals surface area contributed by atoms with E-state index in [1.54, 1.807) is 19.9 Å². The summed E-state index contributed by atoms with van der Waals surface area (Å²) >= 11 is 0. The first kappa shape index (κ1) is 21.7. The Morgan fingerprint density at radius 3 is 2.26 bits per heavy atom. The number of benzene rings is 1. The van der Waals surface area contributed by atoms with Crippen molar-refractivity contribution < 1.29 is 18.7 Å². The fourth-order valence-corrected chi connectivity index (χ4v) is 2.42. The van der Waals surface area contributed by atoms with Crippen LogP contribution in [0.3, 0.4) is 0 Å². The molecule has 6 heteroatoms. The first-order valence-electron chi connectivity index (χ1n) is 7.33. The van der Waals surface area contributed by atoms with Gasteiger partial charge in [0.25, 0.3) is 0 Å². The van der Waals surface area contributed by atoms with Crippen molar-refractivity contribution in [2.45, 2.75) is 52.7 Å². The zero-order chi connectivity index (χ0) is 17.1. The largest absolute Gasteiger partial charge is 0.497 e. The Hall–Kier alpha value is -1.33. The molecular weight excluding hydrogens is 321 g/mol. The minimum Gasteiger partial charge on any atom is -0.497 e. The van der Waals surface area contributed by atoms with Crippen molar-refractivity contribution in [2.75, 3.05) is 7.11 Å². The second-order valence-electron chi connectivity index (χ2n) is 7.01. The third kappa shape index (κ3) is 5.66. The Kier molecular flexibility index (Phi) is 7.51. The molecule has 1 atom stereocenters. The van der Waals surface area contributed by atoms with Crippen molar-refractivity contribution in [1.29, 1.82) is 0 Å². The molecule has 23 heavy (non-hydrogen) atoms. The van der Waals surface area contributed by atoms with Crippen molar-refractivity contribution >= 4 is 18.4 Å². The molecule has 1 rings (SSSR count). The minimum absolute atomic E-state index is 0. The van der Waals surface area contributed by atoms with Gasteiger partial charge in [0.15, 0.2) is 0 Å². The van der Waals surface area contributed by atoms with Gasteiger partial charge in [-0.25, -0.2) is 9.18 Å². The Labute approximate surface area is 143 Å². The molecule has 0 aliphatic carbocycles. The number of methoxy groups -OCH3 is 1. The summed E-state index contributed by atoms with van der Waals surface area (Å²) in [5.41, 5.74) is 4.63. The molecule has 0 saturated heterocycles. The molecule has 0 aliphatic heterocycles. The molecule has 132 valence electrons. The van der Waals surface area contributed by atoms with Crippen LogP contribution in [-0.2, 0) is 15.1 Å². The number of ether oxygens (including phenoxy) is 2. The smallest absolute Gasteiger partial charge is 0.331 e. The zero-order valence-electron chi connectivity index (χ0n) is 14.6. The predicted molar refractivity (Wildman–Crippen MR) is 91.4 cm³/mol. The van der Waals surface area contributed by atoms with E-state index in [0.29, 0.717) is 5.75 Å². The van der Waals surface area contributed by atoms with Crippen LogP contribution >= 0.6 is 12.4 Å². The summed E-state index contributed by atoms with van der Waals surface area (Å²) in [6.07, 6.45) is -0.0638. The van der Waals surface area contributed by atoms with Crippen molar-refractivity contribution in [3.8, 4) is 5.75 Å². The lowest BCUT2D eigenvalue weighted by Crippen LogP contribution is -2.49. The number of hydrogen-bond donors (Lipinski definition) is 1. The van der Waals surface area contributed by atoms with Gasteiger partial charge < -0.3 is 15.2 Å². The second-order valence-corrected chi connectivity index (χ2v) is 7.01. The molecule has 0 spiro atoms. The molecule has 0 fully saturated rings. The van der Waals surface area contributed by atoms with Crippen LogP contribution in [0, 0.1) is 11.2 Å². The Bertz CT molecular complexity index is 543. The van der Waals surface area contributed by atoms with E-state index in [2.05, 4.69) is 0 Å². The third-order valence-corrected chi connectivity index (χ3v) is 3.17. The van der Waals surface area contributed by atoms with E-state index in [-0.39, 0.29) is 35.9 Å². The van der Waals surface area contributed by atoms with Crippen LogP contribution in [0.2, 0.25) is 0 Å². The van der Waals surface area contributed by atoms with Crippen LogP contribution < -0.4 is 10.5 Å². The van der Waals surface area contributed by atoms with Crippen molar-refractivity contribution in [3.63, 3.8) is 0 Å². The molecule has 4 nitrogen and oxygen atoms in total. The molecule has 0 saturated carbocycles. The van der Waals surface area contributed by atoms with Gasteiger partial charge in [-0.05, 0) is 37.8 Å². The average molecular weight is 348 g/mol. The lowest BCUT2D eigenvalue weighted by molar-refractivity contribution is -0.156. The number of nitrogens with two attached hydrogens (primary N) is 1. The number of hydrogen-bond acceptors (Lipinski definition) is 4. The van der Waals surface area contributed by atoms with Gasteiger partial charge in [0, 0.05) is 11.6 Å². The summed E-state index contributed by atoms with van der Waals surface area (Å²) in [6.45, 7) is 9.30. The quantitative estimate of drug-likeness (QED) is 0.823. The first-order valence-corrected chi connectivity index (χ1v) is 7.33. The lowest BCUT2D eigenvalue weighted by Gasteiger charge is -2.34. The predicted octanol–water partition coefficient (Wildman–Crippen LogP) is 3.80. The highest BCUT2D eigenvalue weighted by Crippen LogP contribution is 2.36. The van der Waals surface area contributed by atoms with Crippen LogP contribution in [0.25, 0.3) is 0 Å². The van der Waals surface area contributed by atoms with Gasteiger partial charge >= 0.3 is 5.97 Å². The van der Waals surface area contributed by atoms with Crippen LogP contribution in [0.4, 0.5) is 4.39 Å². The molecule has 0 amide bonds. The van der Waals surface area contributed by atoms with E-state index in [1.807, 2.05) is 20.8 Å². The van der Waals surface area contributed by atoms with Gasteiger partial charge in [-0.15, -0.1) is 12.4 Å². The first-order chi connectivity index (χ1) is 9.99. The third-order valence-electron chi connectivity index (χ3n) is 3.17. The second kappa shape index (κ2) is 7.97. The summed E-state index contributed by atoms with van der Waals surface area (Å²) in [5.74, 6) is -0.829.